The molecule has 0 unspecified atom stereocenters. The fourth-order valence-electron chi connectivity index (χ4n) is 3.77. The molecule has 4 amide bonds. The molecule has 1 aliphatic heterocycles. The van der Waals surface area contributed by atoms with Gasteiger partial charge in [-0.2, -0.15) is 0 Å². The Balaban J connectivity index is 1.73. The van der Waals surface area contributed by atoms with Crippen LogP contribution in [0.3, 0.4) is 0 Å². The molecule has 3 aromatic rings. The maximum absolute atomic E-state index is 13.2. The van der Waals surface area contributed by atoms with Crippen molar-refractivity contribution in [3.05, 3.63) is 99.6 Å². The first-order valence-corrected chi connectivity index (χ1v) is 12.7. The van der Waals surface area contributed by atoms with E-state index in [1.54, 1.807) is 6.92 Å². The van der Waals surface area contributed by atoms with Gasteiger partial charge in [0.25, 0.3) is 23.2 Å². The molecule has 0 radical (unpaired) electrons. The minimum absolute atomic E-state index is 0.0143. The molecule has 1 heterocycles. The number of halogens is 1. The predicted octanol–water partition coefficient (Wildman–Crippen LogP) is 4.87. The van der Waals surface area contributed by atoms with E-state index in [0.29, 0.717) is 8.47 Å². The van der Waals surface area contributed by atoms with Gasteiger partial charge >= 0.3 is 11.7 Å². The molecule has 214 valence electrons. The van der Waals surface area contributed by atoms with Gasteiger partial charge in [-0.25, -0.2) is 9.69 Å². The zero-order valence-corrected chi connectivity index (χ0v) is 23.3. The van der Waals surface area contributed by atoms with Gasteiger partial charge in [0.15, 0.2) is 11.5 Å². The summed E-state index contributed by atoms with van der Waals surface area (Å²) in [6, 6.07) is 9.24. The van der Waals surface area contributed by atoms with Gasteiger partial charge in [-0.3, -0.25) is 45.2 Å². The summed E-state index contributed by atoms with van der Waals surface area (Å²) in [7, 11) is 0. The van der Waals surface area contributed by atoms with Crippen LogP contribution < -0.4 is 19.7 Å². The van der Waals surface area contributed by atoms with Crippen molar-refractivity contribution in [2.45, 2.75) is 6.92 Å². The van der Waals surface area contributed by atoms with Crippen LogP contribution in [0.5, 0.6) is 17.2 Å². The Morgan fingerprint density at radius 3 is 2.12 bits per heavy atom. The molecule has 16 nitrogen and oxygen atoms in total. The van der Waals surface area contributed by atoms with E-state index in [2.05, 4.69) is 0 Å². The number of benzene rings is 3. The molecule has 0 aromatic heterocycles. The Bertz CT molecular complexity index is 1710. The highest BCUT2D eigenvalue weighted by atomic mass is 127. The third-order valence-corrected chi connectivity index (χ3v) is 6.43. The predicted molar refractivity (Wildman–Crippen MR) is 152 cm³/mol. The van der Waals surface area contributed by atoms with Crippen molar-refractivity contribution in [2.24, 2.45) is 0 Å². The van der Waals surface area contributed by atoms with E-state index in [0.717, 1.165) is 30.3 Å². The van der Waals surface area contributed by atoms with E-state index in [-0.39, 0.29) is 40.8 Å². The zero-order valence-electron chi connectivity index (χ0n) is 21.1. The minimum Gasteiger partial charge on any atom is -0.490 e. The number of urea groups is 1. The van der Waals surface area contributed by atoms with E-state index in [9.17, 15) is 44.7 Å². The van der Waals surface area contributed by atoms with Gasteiger partial charge in [0.2, 0.25) is 5.75 Å². The maximum Gasteiger partial charge on any atom is 0.335 e. The summed E-state index contributed by atoms with van der Waals surface area (Å²) in [6.07, 6.45) is 1.19. The molecular formula is C25H16IN5O11. The molecule has 0 saturated carbocycles. The van der Waals surface area contributed by atoms with Gasteiger partial charge < -0.3 is 9.47 Å². The van der Waals surface area contributed by atoms with Crippen molar-refractivity contribution < 1.29 is 38.6 Å². The summed E-state index contributed by atoms with van der Waals surface area (Å²) in [5.74, 6) is -2.19. The Morgan fingerprint density at radius 2 is 1.52 bits per heavy atom. The normalized spacial score (nSPS) is 14.0. The number of hydrogen-bond donors (Lipinski definition) is 1. The number of nitrogens with zero attached hydrogens (tertiary/aromatic N) is 4. The van der Waals surface area contributed by atoms with Crippen molar-refractivity contribution in [1.82, 2.24) is 5.32 Å². The molecule has 1 N–H and O–H groups in total. The van der Waals surface area contributed by atoms with Crippen molar-refractivity contribution in [2.75, 3.05) is 11.5 Å². The second kappa shape index (κ2) is 12.0. The smallest absolute Gasteiger partial charge is 0.335 e. The monoisotopic (exact) mass is 689 g/mol. The lowest BCUT2D eigenvalue weighted by Gasteiger charge is -2.26. The van der Waals surface area contributed by atoms with Gasteiger partial charge in [-0.1, -0.05) is 0 Å². The third-order valence-electron chi connectivity index (χ3n) is 5.63. The number of non-ortho nitro benzene ring substituents is 2. The van der Waals surface area contributed by atoms with Crippen LogP contribution in [0.25, 0.3) is 6.08 Å². The van der Waals surface area contributed by atoms with Crippen molar-refractivity contribution in [3.8, 4) is 17.2 Å². The number of ether oxygens (including phenoxy) is 2. The molecule has 0 atom stereocenters. The van der Waals surface area contributed by atoms with Crippen LogP contribution in [0.4, 0.5) is 27.5 Å². The molecule has 0 spiro atoms. The second-order valence-corrected chi connectivity index (χ2v) is 9.42. The van der Waals surface area contributed by atoms with Gasteiger partial charge in [0.05, 0.1) is 36.7 Å². The molecule has 1 saturated heterocycles. The first-order valence-electron chi connectivity index (χ1n) is 11.6. The van der Waals surface area contributed by atoms with Crippen LogP contribution in [0.15, 0.2) is 60.2 Å². The summed E-state index contributed by atoms with van der Waals surface area (Å²) >= 11 is 1.84. The molecular weight excluding hydrogens is 673 g/mol. The molecule has 1 fully saturated rings. The molecule has 1 aliphatic rings. The van der Waals surface area contributed by atoms with Gasteiger partial charge in [0, 0.05) is 18.2 Å². The topological polar surface area (TPSA) is 214 Å². The fourth-order valence-corrected chi connectivity index (χ4v) is 4.51. The summed E-state index contributed by atoms with van der Waals surface area (Å²) in [4.78, 5) is 70.2. The van der Waals surface area contributed by atoms with Crippen molar-refractivity contribution in [1.29, 1.82) is 0 Å². The third kappa shape index (κ3) is 5.99. The molecule has 4 rings (SSSR count). The summed E-state index contributed by atoms with van der Waals surface area (Å²) in [5, 5.41) is 35.6. The molecule has 0 aliphatic carbocycles. The highest BCUT2D eigenvalue weighted by Crippen LogP contribution is 2.42. The first kappa shape index (κ1) is 29.5. The van der Waals surface area contributed by atoms with E-state index in [4.69, 9.17) is 9.47 Å². The van der Waals surface area contributed by atoms with Gasteiger partial charge in [-0.15, -0.1) is 0 Å². The number of imide groups is 2. The largest absolute Gasteiger partial charge is 0.490 e. The number of nitrogens with one attached hydrogen (secondary N) is 1. The molecule has 17 heteroatoms. The average molecular weight is 689 g/mol. The lowest BCUT2D eigenvalue weighted by molar-refractivity contribution is -0.394. The zero-order chi connectivity index (χ0) is 30.7. The molecule has 0 bridgehead atoms. The van der Waals surface area contributed by atoms with E-state index in [1.807, 2.05) is 27.9 Å². The quantitative estimate of drug-likeness (QED) is 0.105. The van der Waals surface area contributed by atoms with Crippen molar-refractivity contribution in [3.63, 3.8) is 0 Å². The number of hydrogen-bond acceptors (Lipinski definition) is 11. The second-order valence-electron chi connectivity index (χ2n) is 8.26. The Morgan fingerprint density at radius 1 is 0.881 bits per heavy atom. The number of carbonyl (C=O) groups is 3. The van der Waals surface area contributed by atoms with Crippen LogP contribution in [-0.4, -0.2) is 39.2 Å². The van der Waals surface area contributed by atoms with Gasteiger partial charge in [0.1, 0.15) is 5.57 Å². The van der Waals surface area contributed by atoms with E-state index in [1.165, 1.54) is 30.3 Å². The van der Waals surface area contributed by atoms with Crippen LogP contribution >= 0.6 is 22.6 Å². The summed E-state index contributed by atoms with van der Waals surface area (Å²) < 4.78 is 11.7. The summed E-state index contributed by atoms with van der Waals surface area (Å²) in [6.45, 7) is 1.78. The lowest BCUT2D eigenvalue weighted by atomic mass is 10.1. The van der Waals surface area contributed by atoms with Crippen LogP contribution in [0.2, 0.25) is 0 Å². The lowest BCUT2D eigenvalue weighted by Crippen LogP contribution is -2.54. The molecule has 3 aromatic carbocycles. The number of anilines is 1. The Hall–Kier alpha value is -5.46. The fraction of sp³-hybridized carbons (Fsp3) is 0.0800. The summed E-state index contributed by atoms with van der Waals surface area (Å²) in [5.41, 5.74) is -1.63. The Labute approximate surface area is 248 Å². The van der Waals surface area contributed by atoms with Crippen molar-refractivity contribution >= 4 is 69.3 Å². The van der Waals surface area contributed by atoms with Crippen LogP contribution in [0.1, 0.15) is 12.5 Å². The van der Waals surface area contributed by atoms with E-state index >= 15 is 0 Å². The number of nitro benzene ring substituents is 3. The van der Waals surface area contributed by atoms with Crippen LogP contribution in [-0.2, 0) is 9.59 Å². The molecule has 42 heavy (non-hydrogen) atoms. The number of carbonyl (C=O) groups excluding carboxylic acids is 3. The maximum atomic E-state index is 13.2. The highest BCUT2D eigenvalue weighted by Gasteiger charge is 2.37. The number of barbiturate groups is 1. The highest BCUT2D eigenvalue weighted by molar-refractivity contribution is 14.1. The number of amides is 4. The average Bonchev–Trinajstić information content (AvgIpc) is 2.93. The number of rotatable bonds is 9. The van der Waals surface area contributed by atoms with Crippen LogP contribution in [0, 0.1) is 33.9 Å². The van der Waals surface area contributed by atoms with Gasteiger partial charge in [-0.05, 0) is 71.5 Å². The van der Waals surface area contributed by atoms with E-state index < -0.39 is 49.6 Å². The number of nitro groups is 3. The first-order chi connectivity index (χ1) is 19.9. The SMILES string of the molecule is CCOc1cc(/C=C2\C(=O)NC(=O)N(c3ccc([N+](=O)[O-])cc3)C2=O)cc(I)c1Oc1ccc([N+](=O)[O-])cc1[N+](=O)[O-]. The standard InChI is InChI=1S/C25H16IN5O11/c1-2-41-21-11-13(10-18(26)22(21)42-20-8-7-16(30(37)38)12-19(20)31(39)40)9-17-23(32)27-25(34)28(24(17)33)14-3-5-15(6-4-14)29(35)36/h3-12H,2H2,1H3,(H,27,32,34)/b17-9+. The minimum atomic E-state index is -1.05. The Kier molecular flexibility index (Phi) is 8.41.